The van der Waals surface area contributed by atoms with Crippen molar-refractivity contribution in [3.05, 3.63) is 29.8 Å². The SMILES string of the molecule is CC(C)N1C[C@H](C(=O)NCc2ccc(S(=O)(=O)N3CCCC3)cc2)CC1=O. The van der Waals surface area contributed by atoms with E-state index in [0.29, 0.717) is 26.2 Å². The number of benzene rings is 1. The summed E-state index contributed by atoms with van der Waals surface area (Å²) in [5.41, 5.74) is 0.828. The maximum Gasteiger partial charge on any atom is 0.243 e. The van der Waals surface area contributed by atoms with Gasteiger partial charge >= 0.3 is 0 Å². The molecule has 148 valence electrons. The topological polar surface area (TPSA) is 86.8 Å². The Morgan fingerprint density at radius 2 is 1.81 bits per heavy atom. The third-order valence-electron chi connectivity index (χ3n) is 5.25. The van der Waals surface area contributed by atoms with Crippen LogP contribution in [0.2, 0.25) is 0 Å². The first-order chi connectivity index (χ1) is 12.8. The first kappa shape index (κ1) is 19.8. The summed E-state index contributed by atoms with van der Waals surface area (Å²) in [6.07, 6.45) is 2.06. The van der Waals surface area contributed by atoms with Crippen molar-refractivity contribution in [3.8, 4) is 0 Å². The van der Waals surface area contributed by atoms with Crippen LogP contribution in [0.15, 0.2) is 29.2 Å². The normalized spacial score (nSPS) is 21.2. The predicted octanol–water partition coefficient (Wildman–Crippen LogP) is 1.34. The maximum atomic E-state index is 12.5. The molecule has 0 aliphatic carbocycles. The zero-order valence-corrected chi connectivity index (χ0v) is 16.7. The van der Waals surface area contributed by atoms with Crippen molar-refractivity contribution in [1.29, 1.82) is 0 Å². The summed E-state index contributed by atoms with van der Waals surface area (Å²) in [7, 11) is -3.42. The highest BCUT2D eigenvalue weighted by atomic mass is 32.2. The summed E-state index contributed by atoms with van der Waals surface area (Å²) in [4.78, 5) is 26.3. The molecule has 0 bridgehead atoms. The van der Waals surface area contributed by atoms with Crippen molar-refractivity contribution >= 4 is 21.8 Å². The number of rotatable bonds is 6. The van der Waals surface area contributed by atoms with Crippen LogP contribution in [0.5, 0.6) is 0 Å². The predicted molar refractivity (Wildman–Crippen MR) is 101 cm³/mol. The molecule has 2 amide bonds. The van der Waals surface area contributed by atoms with Gasteiger partial charge in [-0.3, -0.25) is 9.59 Å². The van der Waals surface area contributed by atoms with Crippen LogP contribution in [0.3, 0.4) is 0 Å². The van der Waals surface area contributed by atoms with Crippen molar-refractivity contribution < 1.29 is 18.0 Å². The van der Waals surface area contributed by atoms with Gasteiger partial charge in [0.2, 0.25) is 21.8 Å². The molecule has 2 fully saturated rings. The molecule has 0 saturated carbocycles. The molecule has 0 radical (unpaired) electrons. The highest BCUT2D eigenvalue weighted by Gasteiger charge is 2.35. The third kappa shape index (κ3) is 4.32. The van der Waals surface area contributed by atoms with E-state index in [1.165, 1.54) is 4.31 Å². The molecular weight excluding hydrogens is 366 g/mol. The summed E-state index contributed by atoms with van der Waals surface area (Å²) in [6.45, 7) is 5.80. The van der Waals surface area contributed by atoms with Crippen LogP contribution >= 0.6 is 0 Å². The standard InChI is InChI=1S/C19H27N3O4S/c1-14(2)22-13-16(11-18(22)23)19(24)20-12-15-5-7-17(8-6-15)27(25,26)21-9-3-4-10-21/h5-8,14,16H,3-4,9-13H2,1-2H3,(H,20,24)/t16-/m1/s1. The van der Waals surface area contributed by atoms with Gasteiger partial charge in [-0.25, -0.2) is 8.42 Å². The quantitative estimate of drug-likeness (QED) is 0.790. The van der Waals surface area contributed by atoms with E-state index in [9.17, 15) is 18.0 Å². The summed E-state index contributed by atoms with van der Waals surface area (Å²) >= 11 is 0. The molecule has 2 aliphatic rings. The molecular formula is C19H27N3O4S. The van der Waals surface area contributed by atoms with E-state index in [1.54, 1.807) is 29.2 Å². The molecule has 2 heterocycles. The van der Waals surface area contributed by atoms with Crippen LogP contribution in [-0.2, 0) is 26.2 Å². The fourth-order valence-corrected chi connectivity index (χ4v) is 5.11. The smallest absolute Gasteiger partial charge is 0.243 e. The summed E-state index contributed by atoms with van der Waals surface area (Å²) in [5.74, 6) is -0.448. The number of hydrogen-bond donors (Lipinski definition) is 1. The number of carbonyl (C=O) groups is 2. The third-order valence-corrected chi connectivity index (χ3v) is 7.16. The molecule has 1 N–H and O–H groups in total. The number of likely N-dealkylation sites (tertiary alicyclic amines) is 1. The average Bonchev–Trinajstić information content (AvgIpc) is 3.30. The second-order valence-electron chi connectivity index (χ2n) is 7.51. The lowest BCUT2D eigenvalue weighted by atomic mass is 10.1. The van der Waals surface area contributed by atoms with Crippen LogP contribution in [0.4, 0.5) is 0 Å². The van der Waals surface area contributed by atoms with Crippen LogP contribution in [0, 0.1) is 5.92 Å². The van der Waals surface area contributed by atoms with E-state index in [2.05, 4.69) is 5.32 Å². The van der Waals surface area contributed by atoms with Gasteiger partial charge in [-0.15, -0.1) is 0 Å². The van der Waals surface area contributed by atoms with Crippen LogP contribution in [0.25, 0.3) is 0 Å². The Morgan fingerprint density at radius 3 is 2.37 bits per heavy atom. The van der Waals surface area contributed by atoms with Gasteiger partial charge in [-0.05, 0) is 44.4 Å². The van der Waals surface area contributed by atoms with Gasteiger partial charge in [0.15, 0.2) is 0 Å². The lowest BCUT2D eigenvalue weighted by molar-refractivity contribution is -0.130. The van der Waals surface area contributed by atoms with Gasteiger partial charge in [0, 0.05) is 38.6 Å². The van der Waals surface area contributed by atoms with Crippen molar-refractivity contribution in [2.24, 2.45) is 5.92 Å². The molecule has 1 atom stereocenters. The number of sulfonamides is 1. The van der Waals surface area contributed by atoms with Crippen LogP contribution < -0.4 is 5.32 Å². The second-order valence-corrected chi connectivity index (χ2v) is 9.45. The molecule has 2 aliphatic heterocycles. The number of nitrogens with one attached hydrogen (secondary N) is 1. The minimum atomic E-state index is -3.42. The number of carbonyl (C=O) groups excluding carboxylic acids is 2. The molecule has 8 heteroatoms. The lowest BCUT2D eigenvalue weighted by Crippen LogP contribution is -2.35. The molecule has 7 nitrogen and oxygen atoms in total. The molecule has 27 heavy (non-hydrogen) atoms. The number of amides is 2. The Hall–Kier alpha value is -1.93. The summed E-state index contributed by atoms with van der Waals surface area (Å²) in [5, 5.41) is 2.86. The van der Waals surface area contributed by atoms with Crippen molar-refractivity contribution in [3.63, 3.8) is 0 Å². The molecule has 0 unspecified atom stereocenters. The second kappa shape index (κ2) is 7.98. The molecule has 0 spiro atoms. The van der Waals surface area contributed by atoms with E-state index >= 15 is 0 Å². The molecule has 3 rings (SSSR count). The molecule has 1 aromatic rings. The largest absolute Gasteiger partial charge is 0.352 e. The number of nitrogens with zero attached hydrogens (tertiary/aromatic N) is 2. The van der Waals surface area contributed by atoms with Gasteiger partial charge in [-0.2, -0.15) is 4.31 Å². The molecule has 1 aromatic carbocycles. The Morgan fingerprint density at radius 1 is 1.19 bits per heavy atom. The minimum absolute atomic E-state index is 0.0154. The van der Waals surface area contributed by atoms with E-state index in [4.69, 9.17) is 0 Å². The maximum absolute atomic E-state index is 12.5. The van der Waals surface area contributed by atoms with Gasteiger partial charge in [0.1, 0.15) is 0 Å². The monoisotopic (exact) mass is 393 g/mol. The average molecular weight is 394 g/mol. The Balaban J connectivity index is 1.56. The number of hydrogen-bond acceptors (Lipinski definition) is 4. The zero-order chi connectivity index (χ0) is 19.6. The summed E-state index contributed by atoms with van der Waals surface area (Å²) in [6, 6.07) is 6.73. The Kier molecular flexibility index (Phi) is 5.86. The highest BCUT2D eigenvalue weighted by Crippen LogP contribution is 2.22. The zero-order valence-electron chi connectivity index (χ0n) is 15.8. The van der Waals surface area contributed by atoms with Crippen LogP contribution in [-0.4, -0.2) is 55.1 Å². The minimum Gasteiger partial charge on any atom is -0.352 e. The van der Waals surface area contributed by atoms with Gasteiger partial charge in [0.25, 0.3) is 0 Å². The van der Waals surface area contributed by atoms with Crippen molar-refractivity contribution in [2.75, 3.05) is 19.6 Å². The van der Waals surface area contributed by atoms with Gasteiger partial charge in [0.05, 0.1) is 10.8 Å². The fourth-order valence-electron chi connectivity index (χ4n) is 3.60. The van der Waals surface area contributed by atoms with Crippen LogP contribution in [0.1, 0.15) is 38.7 Å². The fraction of sp³-hybridized carbons (Fsp3) is 0.579. The summed E-state index contributed by atoms with van der Waals surface area (Å²) < 4.78 is 26.6. The van der Waals surface area contributed by atoms with E-state index in [0.717, 1.165) is 18.4 Å². The Labute approximate surface area is 160 Å². The Bertz CT molecular complexity index is 799. The van der Waals surface area contributed by atoms with Crippen molar-refractivity contribution in [2.45, 2.75) is 50.6 Å². The van der Waals surface area contributed by atoms with E-state index in [-0.39, 0.29) is 35.1 Å². The molecule has 0 aromatic heterocycles. The highest BCUT2D eigenvalue weighted by molar-refractivity contribution is 7.89. The first-order valence-electron chi connectivity index (χ1n) is 9.45. The lowest BCUT2D eigenvalue weighted by Gasteiger charge is -2.20. The van der Waals surface area contributed by atoms with E-state index < -0.39 is 10.0 Å². The van der Waals surface area contributed by atoms with Crippen molar-refractivity contribution in [1.82, 2.24) is 14.5 Å². The van der Waals surface area contributed by atoms with Gasteiger partial charge < -0.3 is 10.2 Å². The van der Waals surface area contributed by atoms with E-state index in [1.807, 2.05) is 13.8 Å². The van der Waals surface area contributed by atoms with Gasteiger partial charge in [-0.1, -0.05) is 12.1 Å². The first-order valence-corrected chi connectivity index (χ1v) is 10.9. The molecule has 2 saturated heterocycles.